The van der Waals surface area contributed by atoms with Gasteiger partial charge in [0, 0.05) is 36.4 Å². The fourth-order valence-corrected chi connectivity index (χ4v) is 3.94. The number of pyridine rings is 1. The summed E-state index contributed by atoms with van der Waals surface area (Å²) >= 11 is 0. The topological polar surface area (TPSA) is 115 Å². The number of aliphatic carboxylic acids is 1. The zero-order valence-electron chi connectivity index (χ0n) is 18.2. The van der Waals surface area contributed by atoms with Crippen molar-refractivity contribution in [1.82, 2.24) is 24.7 Å². The Morgan fingerprint density at radius 1 is 1.19 bits per heavy atom. The van der Waals surface area contributed by atoms with E-state index in [4.69, 9.17) is 9.72 Å². The van der Waals surface area contributed by atoms with Crippen LogP contribution in [-0.4, -0.2) is 49.5 Å². The van der Waals surface area contributed by atoms with E-state index in [1.165, 1.54) is 25.5 Å². The Labute approximate surface area is 186 Å². The third kappa shape index (κ3) is 5.40. The standard InChI is InChI=1S/C23H28N6O3/c1-32-23-25-14-17(15-26-23)20(13-21(30)31)29-12-10-19(28-29)7-4-6-18-9-8-16-5-2-3-11-24-22(16)27-18/h8-10,12,14-15,20H,2-7,11,13H2,1H3,(H,24,27)(H,30,31)/t20-/m0/s1. The molecule has 0 unspecified atom stereocenters. The number of carboxylic acid groups (broad SMARTS) is 1. The fourth-order valence-electron chi connectivity index (χ4n) is 3.94. The van der Waals surface area contributed by atoms with Crippen molar-refractivity contribution < 1.29 is 14.6 Å². The van der Waals surface area contributed by atoms with E-state index in [1.807, 2.05) is 12.3 Å². The van der Waals surface area contributed by atoms with Crippen LogP contribution in [-0.2, 0) is 24.1 Å². The van der Waals surface area contributed by atoms with Gasteiger partial charge in [-0.2, -0.15) is 5.10 Å². The summed E-state index contributed by atoms with van der Waals surface area (Å²) in [6, 6.07) is 6.01. The van der Waals surface area contributed by atoms with Gasteiger partial charge in [-0.3, -0.25) is 9.48 Å². The molecule has 3 aromatic heterocycles. The Bertz CT molecular complexity index is 1050. The average molecular weight is 437 g/mol. The van der Waals surface area contributed by atoms with Crippen LogP contribution in [0, 0.1) is 0 Å². The molecule has 0 aliphatic carbocycles. The quantitative estimate of drug-likeness (QED) is 0.526. The summed E-state index contributed by atoms with van der Waals surface area (Å²) in [4.78, 5) is 24.4. The minimum atomic E-state index is -0.911. The van der Waals surface area contributed by atoms with Gasteiger partial charge in [0.1, 0.15) is 5.82 Å². The molecule has 0 fully saturated rings. The van der Waals surface area contributed by atoms with Crippen LogP contribution >= 0.6 is 0 Å². The van der Waals surface area contributed by atoms with Crippen LogP contribution in [0.3, 0.4) is 0 Å². The molecular weight excluding hydrogens is 408 g/mol. The van der Waals surface area contributed by atoms with E-state index < -0.39 is 12.0 Å². The summed E-state index contributed by atoms with van der Waals surface area (Å²) in [5.74, 6) is 0.119. The summed E-state index contributed by atoms with van der Waals surface area (Å²) in [6.07, 6.45) is 10.9. The van der Waals surface area contributed by atoms with Gasteiger partial charge in [0.05, 0.1) is 25.3 Å². The lowest BCUT2D eigenvalue weighted by Gasteiger charge is -2.15. The molecule has 9 nitrogen and oxygen atoms in total. The molecule has 1 atom stereocenters. The second-order valence-electron chi connectivity index (χ2n) is 7.95. The Morgan fingerprint density at radius 2 is 2.00 bits per heavy atom. The number of ether oxygens (including phenoxy) is 1. The third-order valence-corrected chi connectivity index (χ3v) is 5.63. The van der Waals surface area contributed by atoms with Crippen molar-refractivity contribution >= 4 is 11.8 Å². The number of carboxylic acids is 1. The number of hydrogen-bond acceptors (Lipinski definition) is 7. The molecule has 0 spiro atoms. The van der Waals surface area contributed by atoms with Gasteiger partial charge >= 0.3 is 12.0 Å². The zero-order valence-corrected chi connectivity index (χ0v) is 18.2. The Balaban J connectivity index is 1.39. The minimum absolute atomic E-state index is 0.108. The van der Waals surface area contributed by atoms with Crippen LogP contribution in [0.4, 0.5) is 5.82 Å². The van der Waals surface area contributed by atoms with Gasteiger partial charge in [0.2, 0.25) is 0 Å². The maximum absolute atomic E-state index is 11.4. The number of fused-ring (bicyclic) bond motifs is 1. The van der Waals surface area contributed by atoms with Crippen molar-refractivity contribution in [3.05, 3.63) is 59.3 Å². The van der Waals surface area contributed by atoms with E-state index in [9.17, 15) is 9.90 Å². The first-order valence-corrected chi connectivity index (χ1v) is 11.0. The highest BCUT2D eigenvalue weighted by molar-refractivity contribution is 5.68. The number of aromatic nitrogens is 5. The van der Waals surface area contributed by atoms with E-state index in [0.717, 1.165) is 49.4 Å². The first-order valence-electron chi connectivity index (χ1n) is 11.0. The van der Waals surface area contributed by atoms with Gasteiger partial charge in [-0.25, -0.2) is 15.0 Å². The maximum Gasteiger partial charge on any atom is 0.316 e. The van der Waals surface area contributed by atoms with Crippen LogP contribution in [0.25, 0.3) is 0 Å². The van der Waals surface area contributed by atoms with Crippen molar-refractivity contribution in [3.8, 4) is 6.01 Å². The number of aryl methyl sites for hydroxylation is 3. The van der Waals surface area contributed by atoms with Gasteiger partial charge in [0.15, 0.2) is 0 Å². The molecule has 1 aliphatic heterocycles. The molecule has 0 bridgehead atoms. The van der Waals surface area contributed by atoms with Crippen LogP contribution in [0.5, 0.6) is 6.01 Å². The number of anilines is 1. The fraction of sp³-hybridized carbons (Fsp3) is 0.435. The van der Waals surface area contributed by atoms with Gasteiger partial charge in [-0.05, 0) is 56.2 Å². The highest BCUT2D eigenvalue weighted by Crippen LogP contribution is 2.23. The van der Waals surface area contributed by atoms with E-state index in [0.29, 0.717) is 5.56 Å². The molecule has 0 saturated carbocycles. The predicted molar refractivity (Wildman–Crippen MR) is 119 cm³/mol. The smallest absolute Gasteiger partial charge is 0.316 e. The molecule has 0 aromatic carbocycles. The number of carbonyl (C=O) groups is 1. The first-order chi connectivity index (χ1) is 15.6. The molecule has 0 amide bonds. The van der Waals surface area contributed by atoms with Gasteiger partial charge < -0.3 is 15.2 Å². The second kappa shape index (κ2) is 10.2. The molecule has 168 valence electrons. The molecule has 2 N–H and O–H groups in total. The number of nitrogens with zero attached hydrogens (tertiary/aromatic N) is 5. The minimum Gasteiger partial charge on any atom is -0.481 e. The monoisotopic (exact) mass is 436 g/mol. The number of rotatable bonds is 9. The molecule has 4 heterocycles. The highest BCUT2D eigenvalue weighted by atomic mass is 16.5. The van der Waals surface area contributed by atoms with Crippen LogP contribution < -0.4 is 10.1 Å². The lowest BCUT2D eigenvalue weighted by molar-refractivity contribution is -0.137. The van der Waals surface area contributed by atoms with Crippen molar-refractivity contribution in [2.24, 2.45) is 0 Å². The van der Waals surface area contributed by atoms with E-state index in [2.05, 4.69) is 32.5 Å². The predicted octanol–water partition coefficient (Wildman–Crippen LogP) is 3.06. The van der Waals surface area contributed by atoms with E-state index >= 15 is 0 Å². The number of methoxy groups -OCH3 is 1. The zero-order chi connectivity index (χ0) is 22.3. The molecule has 3 aromatic rings. The van der Waals surface area contributed by atoms with E-state index in [-0.39, 0.29) is 12.4 Å². The molecule has 9 heteroatoms. The third-order valence-electron chi connectivity index (χ3n) is 5.63. The molecule has 1 aliphatic rings. The van der Waals surface area contributed by atoms with Crippen molar-refractivity contribution in [1.29, 1.82) is 0 Å². The normalized spacial score (nSPS) is 14.2. The summed E-state index contributed by atoms with van der Waals surface area (Å²) in [7, 11) is 1.49. The van der Waals surface area contributed by atoms with Gasteiger partial charge in [-0.1, -0.05) is 6.07 Å². The summed E-state index contributed by atoms with van der Waals surface area (Å²) in [5.41, 5.74) is 3.97. The molecule has 32 heavy (non-hydrogen) atoms. The average Bonchev–Trinajstić information content (AvgIpc) is 3.14. The van der Waals surface area contributed by atoms with Crippen LogP contribution in [0.2, 0.25) is 0 Å². The summed E-state index contributed by atoms with van der Waals surface area (Å²) in [6.45, 7) is 0.984. The Morgan fingerprint density at radius 3 is 2.78 bits per heavy atom. The second-order valence-corrected chi connectivity index (χ2v) is 7.95. The highest BCUT2D eigenvalue weighted by Gasteiger charge is 2.20. The van der Waals surface area contributed by atoms with Crippen LogP contribution in [0.15, 0.2) is 36.8 Å². The summed E-state index contributed by atoms with van der Waals surface area (Å²) < 4.78 is 6.67. The van der Waals surface area contributed by atoms with Gasteiger partial charge in [-0.15, -0.1) is 0 Å². The molecule has 0 saturated heterocycles. The SMILES string of the molecule is COc1ncc([C@H](CC(=O)O)n2ccc(CCCc3ccc4c(n3)NCCCC4)n2)cn1. The summed E-state index contributed by atoms with van der Waals surface area (Å²) in [5, 5.41) is 17.4. The van der Waals surface area contributed by atoms with Crippen molar-refractivity contribution in [2.75, 3.05) is 19.0 Å². The first kappa shape index (κ1) is 21.7. The largest absolute Gasteiger partial charge is 0.481 e. The molecular formula is C23H28N6O3. The maximum atomic E-state index is 11.4. The van der Waals surface area contributed by atoms with E-state index in [1.54, 1.807) is 17.1 Å². The van der Waals surface area contributed by atoms with Crippen LogP contribution in [0.1, 0.15) is 54.2 Å². The van der Waals surface area contributed by atoms with Gasteiger partial charge in [0.25, 0.3) is 0 Å². The lowest BCUT2D eigenvalue weighted by Crippen LogP contribution is -2.16. The Hall–Kier alpha value is -3.49. The number of hydrogen-bond donors (Lipinski definition) is 2. The molecule has 0 radical (unpaired) electrons. The lowest BCUT2D eigenvalue weighted by atomic mass is 10.1. The molecule has 4 rings (SSSR count). The number of nitrogens with one attached hydrogen (secondary N) is 1. The van der Waals surface area contributed by atoms with Crippen molar-refractivity contribution in [3.63, 3.8) is 0 Å². The van der Waals surface area contributed by atoms with Crippen molar-refractivity contribution in [2.45, 2.75) is 51.0 Å². The Kier molecular flexibility index (Phi) is 6.94.